The smallest absolute Gasteiger partial charge is 0.269 e. The van der Waals surface area contributed by atoms with Gasteiger partial charge in [0.15, 0.2) is 0 Å². The van der Waals surface area contributed by atoms with E-state index in [1.807, 2.05) is 4.90 Å². The van der Waals surface area contributed by atoms with Gasteiger partial charge >= 0.3 is 0 Å². The van der Waals surface area contributed by atoms with E-state index in [-0.39, 0.29) is 36.0 Å². The Labute approximate surface area is 179 Å². The normalized spacial score (nSPS) is 15.7. The Balaban J connectivity index is 1.53. The molecule has 10 nitrogen and oxygen atoms in total. The monoisotopic (exact) mass is 472 g/mol. The van der Waals surface area contributed by atoms with Gasteiger partial charge in [-0.05, 0) is 36.4 Å². The number of piperazine rings is 1. The van der Waals surface area contributed by atoms with Crippen molar-refractivity contribution in [2.24, 2.45) is 0 Å². The lowest BCUT2D eigenvalue weighted by molar-refractivity contribution is -0.384. The zero-order valence-corrected chi connectivity index (χ0v) is 18.0. The van der Waals surface area contributed by atoms with Crippen LogP contribution in [-0.4, -0.2) is 64.5 Å². The molecule has 168 valence electrons. The maximum absolute atomic E-state index is 13.1. The van der Waals surface area contributed by atoms with Crippen LogP contribution >= 0.6 is 0 Å². The van der Waals surface area contributed by atoms with Crippen LogP contribution in [0.3, 0.4) is 0 Å². The number of anilines is 1. The summed E-state index contributed by atoms with van der Waals surface area (Å²) in [6.45, 7) is 0.988. The van der Waals surface area contributed by atoms with Crippen LogP contribution in [0.5, 0.6) is 0 Å². The first kappa shape index (κ1) is 23.1. The maximum atomic E-state index is 13.1. The molecule has 0 amide bonds. The molecule has 0 spiro atoms. The van der Waals surface area contributed by atoms with Crippen molar-refractivity contribution in [3.05, 3.63) is 64.5 Å². The highest BCUT2D eigenvalue weighted by atomic mass is 32.2. The third kappa shape index (κ3) is 5.76. The predicted molar refractivity (Wildman–Crippen MR) is 112 cm³/mol. The van der Waals surface area contributed by atoms with Gasteiger partial charge in [-0.2, -0.15) is 4.31 Å². The van der Waals surface area contributed by atoms with Crippen molar-refractivity contribution in [3.63, 3.8) is 0 Å². The Kier molecular flexibility index (Phi) is 6.89. The van der Waals surface area contributed by atoms with Crippen molar-refractivity contribution in [2.45, 2.75) is 4.90 Å². The minimum absolute atomic E-state index is 0.191. The molecule has 0 bridgehead atoms. The molecular formula is C18H21FN4O6S2. The molecule has 0 atom stereocenters. The Bertz CT molecular complexity index is 1130. The number of non-ortho nitro benzene ring substituents is 1. The van der Waals surface area contributed by atoms with Crippen molar-refractivity contribution < 1.29 is 26.1 Å². The molecular weight excluding hydrogens is 451 g/mol. The molecule has 13 heteroatoms. The van der Waals surface area contributed by atoms with Gasteiger partial charge in [0.05, 0.1) is 15.6 Å². The fourth-order valence-electron chi connectivity index (χ4n) is 3.14. The first-order valence-electron chi connectivity index (χ1n) is 9.31. The number of hydrogen-bond acceptors (Lipinski definition) is 7. The van der Waals surface area contributed by atoms with Crippen molar-refractivity contribution in [1.29, 1.82) is 0 Å². The van der Waals surface area contributed by atoms with Crippen LogP contribution < -0.4 is 9.62 Å². The highest BCUT2D eigenvalue weighted by Gasteiger charge is 2.27. The summed E-state index contributed by atoms with van der Waals surface area (Å²) in [4.78, 5) is 11.8. The molecule has 0 aromatic heterocycles. The fraction of sp³-hybridized carbons (Fsp3) is 0.333. The summed E-state index contributed by atoms with van der Waals surface area (Å²) in [6, 6.07) is 10.2. The zero-order chi connectivity index (χ0) is 22.6. The Hall–Kier alpha value is -2.61. The standard InChI is InChI=1S/C18H21FN4O6S2/c19-15-1-3-16(4-2-15)21-10-12-22(13-11-21)30(26,27)14-9-20-31(28,29)18-7-5-17(6-8-18)23(24)25/h1-8,20H,9-14H2. The molecule has 1 fully saturated rings. The SMILES string of the molecule is O=[N+]([O-])c1ccc(S(=O)(=O)NCCS(=O)(=O)N2CCN(c3ccc(F)cc3)CC2)cc1. The zero-order valence-electron chi connectivity index (χ0n) is 16.3. The van der Waals surface area contributed by atoms with Crippen molar-refractivity contribution in [3.8, 4) is 0 Å². The summed E-state index contributed by atoms with van der Waals surface area (Å²) in [6.07, 6.45) is 0. The van der Waals surface area contributed by atoms with E-state index in [2.05, 4.69) is 4.72 Å². The minimum atomic E-state index is -4.00. The van der Waals surface area contributed by atoms with Crippen LogP contribution in [0.4, 0.5) is 15.8 Å². The molecule has 31 heavy (non-hydrogen) atoms. The third-order valence-corrected chi connectivity index (χ3v) is 8.18. The van der Waals surface area contributed by atoms with Gasteiger partial charge in [0.2, 0.25) is 20.0 Å². The second-order valence-corrected chi connectivity index (χ2v) is 10.7. The van der Waals surface area contributed by atoms with Crippen LogP contribution in [0.1, 0.15) is 0 Å². The summed E-state index contributed by atoms with van der Waals surface area (Å²) in [7, 11) is -7.69. The third-order valence-electron chi connectivity index (χ3n) is 4.83. The summed E-state index contributed by atoms with van der Waals surface area (Å²) >= 11 is 0. The molecule has 2 aromatic rings. The topological polar surface area (TPSA) is 130 Å². The number of nitrogens with one attached hydrogen (secondary N) is 1. The van der Waals surface area contributed by atoms with E-state index in [1.165, 1.54) is 16.4 Å². The molecule has 0 unspecified atom stereocenters. The van der Waals surface area contributed by atoms with Gasteiger partial charge in [-0.25, -0.2) is 25.9 Å². The van der Waals surface area contributed by atoms with E-state index in [1.54, 1.807) is 12.1 Å². The van der Waals surface area contributed by atoms with Gasteiger partial charge in [0.1, 0.15) is 5.82 Å². The molecule has 1 N–H and O–H groups in total. The van der Waals surface area contributed by atoms with Gasteiger partial charge in [0, 0.05) is 50.5 Å². The van der Waals surface area contributed by atoms with E-state index in [4.69, 9.17) is 0 Å². The number of nitrogens with zero attached hydrogens (tertiary/aromatic N) is 3. The van der Waals surface area contributed by atoms with E-state index >= 15 is 0 Å². The van der Waals surface area contributed by atoms with Crippen molar-refractivity contribution >= 4 is 31.4 Å². The van der Waals surface area contributed by atoms with Crippen molar-refractivity contribution in [1.82, 2.24) is 9.03 Å². The number of nitro benzene ring substituents is 1. The number of nitro groups is 1. The van der Waals surface area contributed by atoms with E-state index in [0.717, 1.165) is 30.0 Å². The number of halogens is 1. The Morgan fingerprint density at radius 2 is 1.52 bits per heavy atom. The van der Waals surface area contributed by atoms with Crippen molar-refractivity contribution in [2.75, 3.05) is 43.4 Å². The summed E-state index contributed by atoms with van der Waals surface area (Å²) in [5, 5.41) is 10.7. The lowest BCUT2D eigenvalue weighted by Gasteiger charge is -2.35. The van der Waals surface area contributed by atoms with Gasteiger partial charge in [-0.15, -0.1) is 0 Å². The molecule has 1 heterocycles. The fourth-order valence-corrected chi connectivity index (χ4v) is 5.64. The summed E-state index contributed by atoms with van der Waals surface area (Å²) in [5.74, 6) is -0.767. The van der Waals surface area contributed by atoms with E-state index in [0.29, 0.717) is 13.1 Å². The highest BCUT2D eigenvalue weighted by Crippen LogP contribution is 2.19. The number of sulfonamides is 2. The molecule has 0 saturated carbocycles. The number of rotatable bonds is 8. The molecule has 1 saturated heterocycles. The van der Waals surface area contributed by atoms with E-state index < -0.39 is 30.7 Å². The van der Waals surface area contributed by atoms with Crippen LogP contribution in [-0.2, 0) is 20.0 Å². The molecule has 1 aliphatic heterocycles. The lowest BCUT2D eigenvalue weighted by Crippen LogP contribution is -2.50. The van der Waals surface area contributed by atoms with Crippen LogP contribution in [0.2, 0.25) is 0 Å². The summed E-state index contributed by atoms with van der Waals surface area (Å²) in [5.41, 5.74) is 0.551. The van der Waals surface area contributed by atoms with Crippen LogP contribution in [0, 0.1) is 15.9 Å². The Morgan fingerprint density at radius 3 is 2.06 bits per heavy atom. The van der Waals surface area contributed by atoms with Crippen LogP contribution in [0.15, 0.2) is 53.4 Å². The molecule has 0 radical (unpaired) electrons. The quantitative estimate of drug-likeness (QED) is 0.451. The average Bonchev–Trinajstić information content (AvgIpc) is 2.74. The van der Waals surface area contributed by atoms with Crippen LogP contribution in [0.25, 0.3) is 0 Å². The van der Waals surface area contributed by atoms with Gasteiger partial charge in [-0.3, -0.25) is 10.1 Å². The Morgan fingerprint density at radius 1 is 0.935 bits per heavy atom. The first-order valence-corrected chi connectivity index (χ1v) is 12.4. The predicted octanol–water partition coefficient (Wildman–Crippen LogP) is 1.16. The average molecular weight is 473 g/mol. The first-order chi connectivity index (χ1) is 14.6. The van der Waals surface area contributed by atoms with Gasteiger partial charge in [0.25, 0.3) is 5.69 Å². The molecule has 0 aliphatic carbocycles. The second-order valence-electron chi connectivity index (χ2n) is 6.83. The maximum Gasteiger partial charge on any atom is 0.269 e. The lowest BCUT2D eigenvalue weighted by atomic mass is 10.2. The molecule has 2 aromatic carbocycles. The van der Waals surface area contributed by atoms with Gasteiger partial charge < -0.3 is 4.90 Å². The number of hydrogen-bond donors (Lipinski definition) is 1. The second kappa shape index (κ2) is 9.26. The largest absolute Gasteiger partial charge is 0.369 e. The van der Waals surface area contributed by atoms with Gasteiger partial charge in [-0.1, -0.05) is 0 Å². The highest BCUT2D eigenvalue weighted by molar-refractivity contribution is 7.90. The number of benzene rings is 2. The minimum Gasteiger partial charge on any atom is -0.369 e. The summed E-state index contributed by atoms with van der Waals surface area (Å²) < 4.78 is 66.2. The molecule has 3 rings (SSSR count). The van der Waals surface area contributed by atoms with E-state index in [9.17, 15) is 31.3 Å². The molecule has 1 aliphatic rings.